The molecule has 1 aromatic carbocycles. The Labute approximate surface area is 73.4 Å². The molecule has 0 amide bonds. The molecule has 0 radical (unpaired) electrons. The van der Waals surface area contributed by atoms with Gasteiger partial charge in [0.05, 0.1) is 6.61 Å². The molecule has 1 rings (SSSR count). The fourth-order valence-corrected chi connectivity index (χ4v) is 1.21. The van der Waals surface area contributed by atoms with Crippen LogP contribution in [0.25, 0.3) is 0 Å². The van der Waals surface area contributed by atoms with Crippen LogP contribution in [0.4, 0.5) is 0 Å². The number of rotatable bonds is 3. The number of hydrogen-bond acceptors (Lipinski definition) is 1. The summed E-state index contributed by atoms with van der Waals surface area (Å²) in [6.07, 6.45) is 3.98. The van der Waals surface area contributed by atoms with Gasteiger partial charge in [-0.2, -0.15) is 0 Å². The van der Waals surface area contributed by atoms with E-state index < -0.39 is 0 Å². The summed E-state index contributed by atoms with van der Waals surface area (Å²) in [7, 11) is 0. The van der Waals surface area contributed by atoms with Crippen LogP contribution < -0.4 is 0 Å². The maximum absolute atomic E-state index is 9.06. The van der Waals surface area contributed by atoms with Crippen molar-refractivity contribution in [3.05, 3.63) is 48.0 Å². The summed E-state index contributed by atoms with van der Waals surface area (Å²) in [6, 6.07) is 10.0. The molecule has 0 aromatic heterocycles. The average molecular weight is 162 g/mol. The summed E-state index contributed by atoms with van der Waals surface area (Å²) >= 11 is 0. The summed E-state index contributed by atoms with van der Waals surface area (Å²) in [6.45, 7) is 2.14. The number of aliphatic hydroxyl groups excluding tert-OH is 1. The minimum absolute atomic E-state index is 0.149. The Bertz CT molecular complexity index is 238. The van der Waals surface area contributed by atoms with E-state index in [0.29, 0.717) is 0 Å². The molecule has 1 N–H and O–H groups in total. The lowest BCUT2D eigenvalue weighted by Gasteiger charge is -2.08. The van der Waals surface area contributed by atoms with Crippen molar-refractivity contribution >= 4 is 0 Å². The second kappa shape index (κ2) is 4.73. The molecule has 64 valence electrons. The third-order valence-corrected chi connectivity index (χ3v) is 1.85. The monoisotopic (exact) mass is 162 g/mol. The minimum atomic E-state index is 0.149. The number of hydrogen-bond donors (Lipinski definition) is 1. The summed E-state index contributed by atoms with van der Waals surface area (Å²) in [4.78, 5) is 0. The van der Waals surface area contributed by atoms with Crippen LogP contribution in [-0.2, 0) is 0 Å². The maximum atomic E-state index is 9.06. The second-order valence-corrected chi connectivity index (χ2v) is 2.73. The number of benzene rings is 1. The smallest absolute Gasteiger partial charge is 0.0534 e. The van der Waals surface area contributed by atoms with Gasteiger partial charge in [-0.15, -0.1) is 0 Å². The lowest BCUT2D eigenvalue weighted by molar-refractivity contribution is 0.283. The molecule has 0 aliphatic carbocycles. The van der Waals surface area contributed by atoms with Gasteiger partial charge >= 0.3 is 0 Å². The highest BCUT2D eigenvalue weighted by atomic mass is 16.3. The molecule has 0 fully saturated rings. The molecule has 1 aromatic rings. The summed E-state index contributed by atoms with van der Waals surface area (Å²) in [5.41, 5.74) is 1.16. The van der Waals surface area contributed by atoms with Gasteiger partial charge in [0.1, 0.15) is 0 Å². The highest BCUT2D eigenvalue weighted by molar-refractivity contribution is 5.23. The molecule has 0 saturated carbocycles. The Morgan fingerprint density at radius 1 is 1.33 bits per heavy atom. The molecule has 0 aliphatic rings. The predicted molar refractivity (Wildman–Crippen MR) is 51.1 cm³/mol. The number of aliphatic hydroxyl groups is 1. The summed E-state index contributed by atoms with van der Waals surface area (Å²) in [5.74, 6) is 0.149. The minimum Gasteiger partial charge on any atom is -0.395 e. The van der Waals surface area contributed by atoms with E-state index in [0.717, 1.165) is 5.56 Å². The molecule has 1 heteroatoms. The zero-order chi connectivity index (χ0) is 8.81. The van der Waals surface area contributed by atoms with Gasteiger partial charge in [-0.1, -0.05) is 42.5 Å². The van der Waals surface area contributed by atoms with Gasteiger partial charge in [-0.05, 0) is 12.5 Å². The normalized spacial score (nSPS) is 13.5. The molecule has 1 atom stereocenters. The van der Waals surface area contributed by atoms with Gasteiger partial charge < -0.3 is 5.11 Å². The quantitative estimate of drug-likeness (QED) is 0.676. The van der Waals surface area contributed by atoms with E-state index in [4.69, 9.17) is 5.11 Å². The van der Waals surface area contributed by atoms with Gasteiger partial charge in [0.15, 0.2) is 0 Å². The molecule has 0 bridgehead atoms. The van der Waals surface area contributed by atoms with Gasteiger partial charge in [-0.3, -0.25) is 0 Å². The largest absolute Gasteiger partial charge is 0.395 e. The third-order valence-electron chi connectivity index (χ3n) is 1.85. The Hall–Kier alpha value is -1.08. The average Bonchev–Trinajstić information content (AvgIpc) is 2.15. The molecule has 1 unspecified atom stereocenters. The van der Waals surface area contributed by atoms with Gasteiger partial charge in [0, 0.05) is 5.92 Å². The van der Waals surface area contributed by atoms with Crippen molar-refractivity contribution < 1.29 is 5.11 Å². The first-order valence-corrected chi connectivity index (χ1v) is 4.17. The Morgan fingerprint density at radius 2 is 2.00 bits per heavy atom. The van der Waals surface area contributed by atoms with Crippen molar-refractivity contribution in [2.24, 2.45) is 0 Å². The van der Waals surface area contributed by atoms with Crippen LogP contribution in [0.3, 0.4) is 0 Å². The molecule has 0 saturated heterocycles. The van der Waals surface area contributed by atoms with E-state index in [-0.39, 0.29) is 12.5 Å². The molecule has 12 heavy (non-hydrogen) atoms. The van der Waals surface area contributed by atoms with Gasteiger partial charge in [0.25, 0.3) is 0 Å². The summed E-state index contributed by atoms with van der Waals surface area (Å²) < 4.78 is 0. The predicted octanol–water partition coefficient (Wildman–Crippen LogP) is 2.34. The molecule has 1 nitrogen and oxygen atoms in total. The van der Waals surface area contributed by atoms with Crippen molar-refractivity contribution in [3.63, 3.8) is 0 Å². The number of allylic oxidation sites excluding steroid dienone is 1. The zero-order valence-electron chi connectivity index (χ0n) is 7.27. The van der Waals surface area contributed by atoms with Crippen LogP contribution in [0, 0.1) is 0 Å². The van der Waals surface area contributed by atoms with Gasteiger partial charge in [-0.25, -0.2) is 0 Å². The first-order valence-electron chi connectivity index (χ1n) is 4.17. The van der Waals surface area contributed by atoms with Crippen LogP contribution in [0.15, 0.2) is 42.5 Å². The van der Waals surface area contributed by atoms with E-state index in [1.165, 1.54) is 0 Å². The molecular formula is C11H14O. The fraction of sp³-hybridized carbons (Fsp3) is 0.273. The third kappa shape index (κ3) is 2.21. The zero-order valence-corrected chi connectivity index (χ0v) is 7.27. The standard InChI is InChI=1S/C11H14O/c1-2-6-11(9-12)10-7-4-3-5-8-10/h2-8,11-12H,9H2,1H3/b6-2-. The first-order chi connectivity index (χ1) is 5.88. The molecule has 0 aliphatic heterocycles. The van der Waals surface area contributed by atoms with Crippen molar-refractivity contribution in [2.45, 2.75) is 12.8 Å². The van der Waals surface area contributed by atoms with E-state index >= 15 is 0 Å². The van der Waals surface area contributed by atoms with Crippen LogP contribution in [0.5, 0.6) is 0 Å². The Kier molecular flexibility index (Phi) is 3.55. The molecule has 0 heterocycles. The van der Waals surface area contributed by atoms with Crippen molar-refractivity contribution in [2.75, 3.05) is 6.61 Å². The second-order valence-electron chi connectivity index (χ2n) is 2.73. The van der Waals surface area contributed by atoms with Gasteiger partial charge in [0.2, 0.25) is 0 Å². The lowest BCUT2D eigenvalue weighted by Crippen LogP contribution is -1.99. The first kappa shape index (κ1) is 9.01. The van der Waals surface area contributed by atoms with Crippen LogP contribution in [-0.4, -0.2) is 11.7 Å². The molecule has 0 spiro atoms. The summed E-state index contributed by atoms with van der Waals surface area (Å²) in [5, 5.41) is 9.06. The van der Waals surface area contributed by atoms with Crippen LogP contribution >= 0.6 is 0 Å². The highest BCUT2D eigenvalue weighted by Crippen LogP contribution is 2.15. The van der Waals surface area contributed by atoms with Crippen LogP contribution in [0.1, 0.15) is 18.4 Å². The maximum Gasteiger partial charge on any atom is 0.0534 e. The molecular weight excluding hydrogens is 148 g/mol. The van der Waals surface area contributed by atoms with E-state index in [9.17, 15) is 0 Å². The highest BCUT2D eigenvalue weighted by Gasteiger charge is 2.03. The van der Waals surface area contributed by atoms with Crippen molar-refractivity contribution in [1.82, 2.24) is 0 Å². The van der Waals surface area contributed by atoms with Crippen molar-refractivity contribution in [1.29, 1.82) is 0 Å². The van der Waals surface area contributed by atoms with Crippen molar-refractivity contribution in [3.8, 4) is 0 Å². The topological polar surface area (TPSA) is 20.2 Å². The Balaban J connectivity index is 2.80. The lowest BCUT2D eigenvalue weighted by atomic mass is 10.00. The van der Waals surface area contributed by atoms with Crippen LogP contribution in [0.2, 0.25) is 0 Å². The fourth-order valence-electron chi connectivity index (χ4n) is 1.21. The SMILES string of the molecule is C/C=C\C(CO)c1ccccc1. The van der Waals surface area contributed by atoms with E-state index in [1.807, 2.05) is 49.4 Å². The van der Waals surface area contributed by atoms with E-state index in [2.05, 4.69) is 0 Å². The van der Waals surface area contributed by atoms with E-state index in [1.54, 1.807) is 0 Å². The Morgan fingerprint density at radius 3 is 2.50 bits per heavy atom.